The molecule has 0 bridgehead atoms. The maximum absolute atomic E-state index is 5.24. The van der Waals surface area contributed by atoms with Crippen molar-refractivity contribution in [3.05, 3.63) is 29.2 Å². The molecular weight excluding hydrogens is 342 g/mol. The van der Waals surface area contributed by atoms with Crippen LogP contribution in [0.15, 0.2) is 12.3 Å². The third kappa shape index (κ3) is 4.60. The first-order valence-electron chi connectivity index (χ1n) is 12.1. The summed E-state index contributed by atoms with van der Waals surface area (Å²) in [7, 11) is 0. The average Bonchev–Trinajstić information content (AvgIpc) is 3.05. The fraction of sp³-hybridized carbons (Fsp3) is 0.760. The number of nitrogens with zero attached hydrogens (tertiary/aromatic N) is 3. The average molecular weight is 382 g/mol. The van der Waals surface area contributed by atoms with Crippen LogP contribution in [-0.2, 0) is 6.42 Å². The first kappa shape index (κ1) is 19.9. The van der Waals surface area contributed by atoms with Crippen molar-refractivity contribution in [2.24, 2.45) is 5.92 Å². The lowest BCUT2D eigenvalue weighted by Crippen LogP contribution is -2.17. The van der Waals surface area contributed by atoms with Gasteiger partial charge in [0.15, 0.2) is 5.65 Å². The van der Waals surface area contributed by atoms with Crippen molar-refractivity contribution in [2.45, 2.75) is 116 Å². The van der Waals surface area contributed by atoms with E-state index in [1.54, 1.807) is 0 Å². The van der Waals surface area contributed by atoms with E-state index in [2.05, 4.69) is 30.6 Å². The van der Waals surface area contributed by atoms with E-state index < -0.39 is 0 Å². The zero-order chi connectivity index (χ0) is 19.3. The predicted molar refractivity (Wildman–Crippen MR) is 117 cm³/mol. The van der Waals surface area contributed by atoms with Gasteiger partial charge in [0.1, 0.15) is 0 Å². The first-order valence-corrected chi connectivity index (χ1v) is 12.1. The molecule has 4 rings (SSSR count). The fourth-order valence-corrected chi connectivity index (χ4v) is 5.10. The molecule has 0 radical (unpaired) electrons. The number of aromatic nitrogens is 3. The standard InChI is InChI=1S/C25H39N3/c1-19(2)23-18-26-28-22(16-20-12-11-13-20)17-24(27-25(23)28)21-14-9-7-5-3-4-6-8-10-15-21/h17-21H,3-16H2,1-2H3. The van der Waals surface area contributed by atoms with Crippen molar-refractivity contribution in [1.82, 2.24) is 14.6 Å². The molecule has 154 valence electrons. The van der Waals surface area contributed by atoms with Gasteiger partial charge in [0.2, 0.25) is 0 Å². The summed E-state index contributed by atoms with van der Waals surface area (Å²) in [6, 6.07) is 2.44. The highest BCUT2D eigenvalue weighted by molar-refractivity contribution is 5.50. The highest BCUT2D eigenvalue weighted by Crippen LogP contribution is 2.34. The van der Waals surface area contributed by atoms with E-state index in [4.69, 9.17) is 10.1 Å². The van der Waals surface area contributed by atoms with Crippen LogP contribution >= 0.6 is 0 Å². The smallest absolute Gasteiger partial charge is 0.158 e. The van der Waals surface area contributed by atoms with Gasteiger partial charge in [0.25, 0.3) is 0 Å². The molecule has 0 aliphatic heterocycles. The Balaban J connectivity index is 1.65. The lowest BCUT2D eigenvalue weighted by atomic mass is 9.81. The summed E-state index contributed by atoms with van der Waals surface area (Å²) in [6.45, 7) is 4.54. The molecule has 0 N–H and O–H groups in total. The van der Waals surface area contributed by atoms with Gasteiger partial charge in [0.05, 0.1) is 6.20 Å². The topological polar surface area (TPSA) is 30.2 Å². The summed E-state index contributed by atoms with van der Waals surface area (Å²) in [5.41, 5.74) is 5.22. The Bertz CT molecular complexity index is 744. The van der Waals surface area contributed by atoms with Crippen LogP contribution in [0.3, 0.4) is 0 Å². The van der Waals surface area contributed by atoms with Crippen LogP contribution in [0.2, 0.25) is 0 Å². The van der Waals surface area contributed by atoms with Crippen LogP contribution < -0.4 is 0 Å². The molecule has 2 fully saturated rings. The maximum atomic E-state index is 5.24. The number of fused-ring (bicyclic) bond motifs is 1. The van der Waals surface area contributed by atoms with Crippen molar-refractivity contribution in [2.75, 3.05) is 0 Å². The Kier molecular flexibility index (Phi) is 6.69. The Morgan fingerprint density at radius 1 is 0.893 bits per heavy atom. The van der Waals surface area contributed by atoms with Crippen molar-refractivity contribution < 1.29 is 0 Å². The highest BCUT2D eigenvalue weighted by Gasteiger charge is 2.23. The lowest BCUT2D eigenvalue weighted by molar-refractivity contribution is 0.310. The van der Waals surface area contributed by atoms with Gasteiger partial charge in [-0.2, -0.15) is 5.10 Å². The lowest BCUT2D eigenvalue weighted by Gasteiger charge is -2.26. The minimum atomic E-state index is 0.476. The molecule has 2 saturated carbocycles. The second-order valence-corrected chi connectivity index (χ2v) is 9.77. The van der Waals surface area contributed by atoms with Crippen LogP contribution in [0.4, 0.5) is 0 Å². The molecule has 0 atom stereocenters. The van der Waals surface area contributed by atoms with Gasteiger partial charge in [-0.25, -0.2) is 9.50 Å². The van der Waals surface area contributed by atoms with Crippen molar-refractivity contribution in [1.29, 1.82) is 0 Å². The molecule has 2 heterocycles. The molecule has 0 amide bonds. The van der Waals surface area contributed by atoms with E-state index in [0.29, 0.717) is 11.8 Å². The third-order valence-electron chi connectivity index (χ3n) is 7.21. The summed E-state index contributed by atoms with van der Waals surface area (Å²) < 4.78 is 2.17. The molecular formula is C25H39N3. The molecule has 2 aromatic rings. The van der Waals surface area contributed by atoms with E-state index in [1.165, 1.54) is 107 Å². The maximum Gasteiger partial charge on any atom is 0.158 e. The predicted octanol–water partition coefficient (Wildman–Crippen LogP) is 7.19. The number of hydrogen-bond donors (Lipinski definition) is 0. The zero-order valence-electron chi connectivity index (χ0n) is 18.1. The minimum absolute atomic E-state index is 0.476. The largest absolute Gasteiger partial charge is 0.233 e. The zero-order valence-corrected chi connectivity index (χ0v) is 18.1. The Hall–Kier alpha value is -1.38. The van der Waals surface area contributed by atoms with Crippen molar-refractivity contribution >= 4 is 5.65 Å². The third-order valence-corrected chi connectivity index (χ3v) is 7.21. The molecule has 0 unspecified atom stereocenters. The molecule has 28 heavy (non-hydrogen) atoms. The molecule has 3 heteroatoms. The summed E-state index contributed by atoms with van der Waals surface area (Å²) in [6.07, 6.45) is 21.3. The molecule has 3 nitrogen and oxygen atoms in total. The first-order chi connectivity index (χ1) is 13.7. The van der Waals surface area contributed by atoms with E-state index >= 15 is 0 Å². The van der Waals surface area contributed by atoms with Gasteiger partial charge in [-0.05, 0) is 37.2 Å². The Labute approximate surface area is 171 Å². The number of rotatable bonds is 4. The van der Waals surface area contributed by atoms with Gasteiger partial charge < -0.3 is 0 Å². The number of hydrogen-bond acceptors (Lipinski definition) is 2. The molecule has 2 aromatic heterocycles. The van der Waals surface area contributed by atoms with Gasteiger partial charge in [0, 0.05) is 22.9 Å². The van der Waals surface area contributed by atoms with Gasteiger partial charge in [-0.15, -0.1) is 0 Å². The molecule has 0 saturated heterocycles. The molecule has 2 aliphatic rings. The SMILES string of the molecule is CC(C)c1cnn2c(CC3CCC3)cc(C3CCCCCCCCCC3)nc12. The summed E-state index contributed by atoms with van der Waals surface area (Å²) in [5.74, 6) is 1.97. The summed E-state index contributed by atoms with van der Waals surface area (Å²) in [5, 5.41) is 4.77. The quantitative estimate of drug-likeness (QED) is 0.561. The van der Waals surface area contributed by atoms with Gasteiger partial charge in [-0.1, -0.05) is 84.5 Å². The molecule has 0 spiro atoms. The Morgan fingerprint density at radius 2 is 1.54 bits per heavy atom. The Morgan fingerprint density at radius 3 is 2.11 bits per heavy atom. The summed E-state index contributed by atoms with van der Waals surface area (Å²) in [4.78, 5) is 5.24. The molecule has 2 aliphatic carbocycles. The van der Waals surface area contributed by atoms with Crippen LogP contribution in [0.1, 0.15) is 126 Å². The van der Waals surface area contributed by atoms with Crippen LogP contribution in [0.25, 0.3) is 5.65 Å². The second kappa shape index (κ2) is 9.41. The van der Waals surface area contributed by atoms with E-state index in [9.17, 15) is 0 Å². The normalized spacial score (nSPS) is 21.0. The fourth-order valence-electron chi connectivity index (χ4n) is 5.10. The van der Waals surface area contributed by atoms with E-state index in [0.717, 1.165) is 11.6 Å². The van der Waals surface area contributed by atoms with Gasteiger partial charge in [-0.3, -0.25) is 0 Å². The monoisotopic (exact) mass is 381 g/mol. The van der Waals surface area contributed by atoms with Crippen LogP contribution in [-0.4, -0.2) is 14.6 Å². The second-order valence-electron chi connectivity index (χ2n) is 9.77. The highest BCUT2D eigenvalue weighted by atomic mass is 15.3. The summed E-state index contributed by atoms with van der Waals surface area (Å²) >= 11 is 0. The van der Waals surface area contributed by atoms with Crippen molar-refractivity contribution in [3.8, 4) is 0 Å². The van der Waals surface area contributed by atoms with Crippen molar-refractivity contribution in [3.63, 3.8) is 0 Å². The van der Waals surface area contributed by atoms with E-state index in [-0.39, 0.29) is 0 Å². The minimum Gasteiger partial charge on any atom is -0.233 e. The van der Waals surface area contributed by atoms with Crippen LogP contribution in [0, 0.1) is 5.92 Å². The van der Waals surface area contributed by atoms with Gasteiger partial charge >= 0.3 is 0 Å². The van der Waals surface area contributed by atoms with Crippen LogP contribution in [0.5, 0.6) is 0 Å². The van der Waals surface area contributed by atoms with E-state index in [1.807, 2.05) is 0 Å². The molecule has 0 aromatic carbocycles.